The van der Waals surface area contributed by atoms with Gasteiger partial charge in [0.15, 0.2) is 69.0 Å². The molecule has 25 N–H and O–H groups in total. The van der Waals surface area contributed by atoms with Gasteiger partial charge in [-0.05, 0) is 377 Å². The summed E-state index contributed by atoms with van der Waals surface area (Å²) in [5, 5.41) is 243. The van der Waals surface area contributed by atoms with Crippen molar-refractivity contribution in [1.82, 2.24) is 0 Å². The second-order valence-corrected chi connectivity index (χ2v) is 37.5. The lowest BCUT2D eigenvalue weighted by molar-refractivity contribution is 0.365. The van der Waals surface area contributed by atoms with Gasteiger partial charge in [-0.3, -0.25) is 0 Å². The first-order valence-electron chi connectivity index (χ1n) is 47.6. The number of aryl methyl sites for hydroxylation is 12. The van der Waals surface area contributed by atoms with Crippen LogP contribution in [0.5, 0.6) is 144 Å². The molecule has 0 spiro atoms. The molecule has 0 aliphatic heterocycles. The molecule has 0 unspecified atom stereocenters. The monoisotopic (exact) mass is 2010 g/mol. The van der Waals surface area contributed by atoms with Crippen molar-refractivity contribution in [2.45, 2.75) is 147 Å². The summed E-state index contributed by atoms with van der Waals surface area (Å²) in [6.07, 6.45) is 2.12. The van der Waals surface area contributed by atoms with Gasteiger partial charge in [0, 0.05) is 64.0 Å². The standard InChI is InChI=1S/C22H22O4.C21H20O4.C19H16O3.2C16H18O3.2C15H16O4/c1-12-4-6-15(7-5-12)20(16-8-10-18(23)13(2)21(16)25)17-9-11-19(24)14(3)22(17)26;1-12-8-17(22)19(24)10-15(12)21(14-6-4-3-5-7-14)16-11-20(25)18(23)9-13(16)2;20-16-7-1-13(2-8-16)19(14-3-9-17(21)10-4-14)15-5-11-18(22)12-6-15;1-9-6-14(17)15(18)8-13(9)7-12-4-10(2)16(19)11(3)5-12;1-9-6-12(7-10(2)15(9)18)8-13-4-5-14(17)11(3)16(13)19;1-8-3-12(16)14(18)6-10(8)5-11-7-15(19)13(17)4-9(11)2;1-8-5-10(6-9(2)13(8)17)7-11-3-4-12(16)15(19)14(11)18/h4-11,20,23-26H,1-3H3;3-11,21-25H,1-2H3;1-12,19-22H;4-6,8,17-19H,7H2,1-3H3;4-7,17-19H,8H2,1-3H3;3-4,6-7,16-19H,5H2,1-2H3;3-6,16-19H,7H2,1-2H3. The molecular formula is C124H126O25. The summed E-state index contributed by atoms with van der Waals surface area (Å²) < 4.78 is 0. The van der Waals surface area contributed by atoms with Gasteiger partial charge in [-0.25, -0.2) is 0 Å². The van der Waals surface area contributed by atoms with Gasteiger partial charge in [-0.2, -0.15) is 0 Å². The van der Waals surface area contributed by atoms with E-state index in [1.807, 2.05) is 197 Å². The van der Waals surface area contributed by atoms with Crippen molar-refractivity contribution >= 4 is 0 Å². The molecule has 0 aromatic heterocycles. The van der Waals surface area contributed by atoms with Crippen molar-refractivity contribution in [3.05, 3.63) is 451 Å². The summed E-state index contributed by atoms with van der Waals surface area (Å²) in [5.74, 6) is -1.68. The Hall–Kier alpha value is -18.3. The molecule has 17 aromatic carbocycles. The third-order valence-corrected chi connectivity index (χ3v) is 26.3. The zero-order valence-electron chi connectivity index (χ0n) is 85.2. The molecule has 0 bridgehead atoms. The van der Waals surface area contributed by atoms with Crippen molar-refractivity contribution in [1.29, 1.82) is 0 Å². The Morgan fingerprint density at radius 3 is 0.738 bits per heavy atom. The first kappa shape index (κ1) is 111. The number of rotatable bonds is 17. The smallest absolute Gasteiger partial charge is 0.200 e. The van der Waals surface area contributed by atoms with Crippen LogP contribution in [0.1, 0.15) is 196 Å². The van der Waals surface area contributed by atoms with Crippen LogP contribution < -0.4 is 0 Å². The molecule has 17 rings (SSSR count). The van der Waals surface area contributed by atoms with Crippen molar-refractivity contribution < 1.29 is 128 Å². The molecule has 0 atom stereocenters. The number of phenolic OH excluding ortho intramolecular Hbond substituents is 25. The molecule has 0 amide bonds. The van der Waals surface area contributed by atoms with Crippen LogP contribution in [0, 0.1) is 104 Å². The van der Waals surface area contributed by atoms with Crippen molar-refractivity contribution in [2.75, 3.05) is 0 Å². The predicted molar refractivity (Wildman–Crippen MR) is 576 cm³/mol. The van der Waals surface area contributed by atoms with E-state index >= 15 is 0 Å². The number of aromatic hydroxyl groups is 25. The maximum Gasteiger partial charge on any atom is 0.200 e. The highest BCUT2D eigenvalue weighted by molar-refractivity contribution is 5.64. The molecule has 0 saturated carbocycles. The highest BCUT2D eigenvalue weighted by Gasteiger charge is 2.29. The second-order valence-electron chi connectivity index (χ2n) is 37.5. The second kappa shape index (κ2) is 48.4. The quantitative estimate of drug-likeness (QED) is 0.0297. The molecule has 25 nitrogen and oxygen atoms in total. The van der Waals surface area contributed by atoms with Gasteiger partial charge in [0.2, 0.25) is 5.75 Å². The lowest BCUT2D eigenvalue weighted by atomic mass is 9.81. The molecule has 17 aromatic rings. The van der Waals surface area contributed by atoms with Gasteiger partial charge >= 0.3 is 0 Å². The molecule has 0 saturated heterocycles. The van der Waals surface area contributed by atoms with E-state index < -0.39 is 11.7 Å². The molecule has 149 heavy (non-hydrogen) atoms. The van der Waals surface area contributed by atoms with Crippen molar-refractivity contribution in [2.24, 2.45) is 0 Å². The number of phenols is 25. The van der Waals surface area contributed by atoms with Gasteiger partial charge in [0.05, 0.1) is 0 Å². The lowest BCUT2D eigenvalue weighted by Crippen LogP contribution is -2.07. The van der Waals surface area contributed by atoms with Crippen LogP contribution in [0.4, 0.5) is 0 Å². The molecule has 0 aliphatic rings. The largest absolute Gasteiger partial charge is 0.508 e. The van der Waals surface area contributed by atoms with E-state index in [2.05, 4.69) is 0 Å². The van der Waals surface area contributed by atoms with Gasteiger partial charge in [0.1, 0.15) is 69.0 Å². The molecule has 772 valence electrons. The normalized spacial score (nSPS) is 10.8. The fraction of sp³-hybridized carbons (Fsp3) is 0.177. The lowest BCUT2D eigenvalue weighted by Gasteiger charge is -2.23. The van der Waals surface area contributed by atoms with E-state index in [1.54, 1.807) is 126 Å². The Morgan fingerprint density at radius 2 is 0.403 bits per heavy atom. The first-order chi connectivity index (χ1) is 70.4. The third-order valence-electron chi connectivity index (χ3n) is 26.3. The summed E-state index contributed by atoms with van der Waals surface area (Å²) in [5.41, 5.74) is 26.1. The maximum absolute atomic E-state index is 10.6. The van der Waals surface area contributed by atoms with Crippen LogP contribution in [-0.4, -0.2) is 128 Å². The maximum atomic E-state index is 10.6. The summed E-state index contributed by atoms with van der Waals surface area (Å²) in [7, 11) is 0. The number of benzene rings is 17. The van der Waals surface area contributed by atoms with Crippen molar-refractivity contribution in [3.63, 3.8) is 0 Å². The fourth-order valence-electron chi connectivity index (χ4n) is 17.6. The Morgan fingerprint density at radius 1 is 0.154 bits per heavy atom. The summed E-state index contributed by atoms with van der Waals surface area (Å²) >= 11 is 0. The average molecular weight is 2020 g/mol. The Labute approximate surface area is 864 Å². The summed E-state index contributed by atoms with van der Waals surface area (Å²) in [4.78, 5) is 0. The van der Waals surface area contributed by atoms with E-state index in [0.717, 1.165) is 145 Å². The third kappa shape index (κ3) is 27.4. The van der Waals surface area contributed by atoms with Crippen molar-refractivity contribution in [3.8, 4) is 144 Å². The molecule has 0 heterocycles. The van der Waals surface area contributed by atoms with Gasteiger partial charge in [-0.15, -0.1) is 0 Å². The zero-order chi connectivity index (χ0) is 109. The minimum Gasteiger partial charge on any atom is -0.508 e. The fourth-order valence-corrected chi connectivity index (χ4v) is 17.6. The number of hydrogen-bond acceptors (Lipinski definition) is 25. The minimum absolute atomic E-state index is 0.0132. The van der Waals surface area contributed by atoms with Crippen LogP contribution in [0.15, 0.2) is 273 Å². The SMILES string of the molecule is Cc1cc(Cc2ccc(O)c(C)c2O)cc(C)c1O.Cc1cc(Cc2ccc(O)c(O)c2O)cc(C)c1O.Cc1cc(O)c(O)cc1C(c1ccccc1)c1cc(O)c(O)cc1C.Cc1cc(O)c(O)cc1Cc1cc(C)c(O)c(C)c1.Cc1cc(O)c(O)cc1Cc1cc(O)c(O)cc1C.Cc1ccc(C(c2ccc(O)c(C)c2O)c2ccc(O)c(C)c2O)cc1.Oc1ccc(C(c2ccc(O)cc2)c2ccc(O)cc2)cc1. The number of hydrogen-bond donors (Lipinski definition) is 25. The van der Waals surface area contributed by atoms with E-state index in [1.165, 1.54) is 54.6 Å². The molecule has 0 aliphatic carbocycles. The van der Waals surface area contributed by atoms with E-state index in [4.69, 9.17) is 0 Å². The van der Waals surface area contributed by atoms with E-state index in [0.29, 0.717) is 70.6 Å². The van der Waals surface area contributed by atoms with Gasteiger partial charge in [-0.1, -0.05) is 157 Å². The minimum atomic E-state index is -0.510. The van der Waals surface area contributed by atoms with Crippen LogP contribution in [0.3, 0.4) is 0 Å². The zero-order valence-corrected chi connectivity index (χ0v) is 85.2. The van der Waals surface area contributed by atoms with E-state index in [-0.39, 0.29) is 138 Å². The summed E-state index contributed by atoms with van der Waals surface area (Å²) in [6.45, 7) is 27.3. The predicted octanol–water partition coefficient (Wildman–Crippen LogP) is 25.0. The van der Waals surface area contributed by atoms with Gasteiger partial charge in [0.25, 0.3) is 0 Å². The van der Waals surface area contributed by atoms with Crippen LogP contribution >= 0.6 is 0 Å². The molecule has 0 fully saturated rings. The Bertz CT molecular complexity index is 7130. The molecule has 0 radical (unpaired) electrons. The van der Waals surface area contributed by atoms with Gasteiger partial charge < -0.3 is 128 Å². The first-order valence-corrected chi connectivity index (χ1v) is 47.6. The highest BCUT2D eigenvalue weighted by Crippen LogP contribution is 2.49. The topological polar surface area (TPSA) is 506 Å². The highest BCUT2D eigenvalue weighted by atomic mass is 16.3. The van der Waals surface area contributed by atoms with E-state index in [9.17, 15) is 128 Å². The van der Waals surface area contributed by atoms with Crippen LogP contribution in [-0.2, 0) is 25.7 Å². The average Bonchev–Trinajstić information content (AvgIpc) is 0.772. The molecule has 25 heteroatoms. The molecular weight excluding hydrogens is 1890 g/mol. The van der Waals surface area contributed by atoms with Crippen LogP contribution in [0.25, 0.3) is 0 Å². The summed E-state index contributed by atoms with van der Waals surface area (Å²) in [6, 6.07) is 78.0. The Kier molecular flexibility index (Phi) is 36.1. The Balaban J connectivity index is 0.000000166. The van der Waals surface area contributed by atoms with Crippen LogP contribution in [0.2, 0.25) is 0 Å².